The first-order valence-corrected chi connectivity index (χ1v) is 7.09. The summed E-state index contributed by atoms with van der Waals surface area (Å²) in [5.74, 6) is 0.134. The lowest BCUT2D eigenvalue weighted by Crippen LogP contribution is -2.28. The average Bonchev–Trinajstić information content (AvgIpc) is 2.60. The maximum atomic E-state index is 11.3. The van der Waals surface area contributed by atoms with Gasteiger partial charge in [-0.15, -0.1) is 11.3 Å². The van der Waals surface area contributed by atoms with Gasteiger partial charge in [0.2, 0.25) is 5.91 Å². The van der Waals surface area contributed by atoms with Gasteiger partial charge >= 0.3 is 0 Å². The van der Waals surface area contributed by atoms with E-state index < -0.39 is 0 Å². The molecule has 0 saturated carbocycles. The van der Waals surface area contributed by atoms with Crippen LogP contribution in [-0.4, -0.2) is 37.6 Å². The Hall–Kier alpha value is -1.14. The van der Waals surface area contributed by atoms with Crippen LogP contribution in [0.5, 0.6) is 0 Å². The van der Waals surface area contributed by atoms with Gasteiger partial charge < -0.3 is 15.5 Å². The minimum atomic E-state index is 0.134. The Morgan fingerprint density at radius 3 is 3.00 bits per heavy atom. The Kier molecular flexibility index (Phi) is 4.19. The van der Waals surface area contributed by atoms with Crippen LogP contribution in [0.25, 0.3) is 0 Å². The number of anilines is 1. The Bertz CT molecular complexity index is 432. The normalized spacial score (nSPS) is 18.4. The van der Waals surface area contributed by atoms with Gasteiger partial charge in [-0.3, -0.25) is 4.79 Å². The summed E-state index contributed by atoms with van der Waals surface area (Å²) in [5.41, 5.74) is 1.08. The van der Waals surface area contributed by atoms with Gasteiger partial charge in [0.25, 0.3) is 0 Å². The van der Waals surface area contributed by atoms with Crippen LogP contribution in [0, 0.1) is 6.92 Å². The fraction of sp³-hybridized carbons (Fsp3) is 0.667. The number of amides is 1. The van der Waals surface area contributed by atoms with Gasteiger partial charge in [-0.25, -0.2) is 4.98 Å². The monoisotopic (exact) mass is 268 g/mol. The second-order valence-corrected chi connectivity index (χ2v) is 5.55. The number of rotatable bonds is 3. The zero-order valence-electron chi connectivity index (χ0n) is 11.1. The van der Waals surface area contributed by atoms with E-state index in [1.807, 2.05) is 14.0 Å². The van der Waals surface area contributed by atoms with E-state index in [9.17, 15) is 4.79 Å². The zero-order chi connectivity index (χ0) is 13.1. The van der Waals surface area contributed by atoms with Crippen LogP contribution >= 0.6 is 11.3 Å². The Labute approximate surface area is 112 Å². The maximum Gasteiger partial charge on any atom is 0.221 e. The highest BCUT2D eigenvalue weighted by atomic mass is 32.1. The molecular weight excluding hydrogens is 248 g/mol. The van der Waals surface area contributed by atoms with Crippen LogP contribution in [0.3, 0.4) is 0 Å². The van der Waals surface area contributed by atoms with Crippen LogP contribution in [0.4, 0.5) is 5.13 Å². The summed E-state index contributed by atoms with van der Waals surface area (Å²) in [5, 5.41) is 7.16. The van der Waals surface area contributed by atoms with Crippen LogP contribution in [0.15, 0.2) is 0 Å². The van der Waals surface area contributed by atoms with Crippen LogP contribution in [-0.2, 0) is 4.79 Å². The van der Waals surface area contributed by atoms with Crippen molar-refractivity contribution >= 4 is 22.4 Å². The second kappa shape index (κ2) is 5.67. The summed E-state index contributed by atoms with van der Waals surface area (Å²) in [7, 11) is 1.96. The SMILES string of the molecule is CNC(C)c1sc(N2CCNC(=O)CC2)nc1C. The van der Waals surface area contributed by atoms with Gasteiger partial charge in [-0.1, -0.05) is 0 Å². The molecule has 0 spiro atoms. The first kappa shape index (κ1) is 13.3. The molecule has 1 unspecified atom stereocenters. The van der Waals surface area contributed by atoms with E-state index in [0.717, 1.165) is 23.9 Å². The topological polar surface area (TPSA) is 57.3 Å². The molecule has 1 aromatic heterocycles. The second-order valence-electron chi connectivity index (χ2n) is 4.54. The molecule has 5 nitrogen and oxygen atoms in total. The number of thiazole rings is 1. The number of hydrogen-bond donors (Lipinski definition) is 2. The molecular formula is C12H20N4OS. The maximum absolute atomic E-state index is 11.3. The summed E-state index contributed by atoms with van der Waals surface area (Å²) < 4.78 is 0. The smallest absolute Gasteiger partial charge is 0.221 e. The van der Waals surface area contributed by atoms with E-state index in [4.69, 9.17) is 0 Å². The number of carbonyl (C=O) groups is 1. The van der Waals surface area contributed by atoms with Crippen molar-refractivity contribution in [2.45, 2.75) is 26.3 Å². The summed E-state index contributed by atoms with van der Waals surface area (Å²) in [4.78, 5) is 19.4. The molecule has 2 N–H and O–H groups in total. The van der Waals surface area contributed by atoms with Crippen molar-refractivity contribution in [1.82, 2.24) is 15.6 Å². The Balaban J connectivity index is 2.15. The number of aromatic nitrogens is 1. The Morgan fingerprint density at radius 1 is 1.50 bits per heavy atom. The predicted molar refractivity (Wildman–Crippen MR) is 74.2 cm³/mol. The van der Waals surface area contributed by atoms with E-state index in [0.29, 0.717) is 19.0 Å². The summed E-state index contributed by atoms with van der Waals surface area (Å²) in [6.07, 6.45) is 0.551. The highest BCUT2D eigenvalue weighted by Gasteiger charge is 2.19. The van der Waals surface area contributed by atoms with Gasteiger partial charge in [0.15, 0.2) is 5.13 Å². The van der Waals surface area contributed by atoms with E-state index in [1.54, 1.807) is 11.3 Å². The predicted octanol–water partition coefficient (Wildman–Crippen LogP) is 1.06. The molecule has 1 atom stereocenters. The number of aryl methyl sites for hydroxylation is 1. The van der Waals surface area contributed by atoms with Crippen molar-refractivity contribution < 1.29 is 4.79 Å². The van der Waals surface area contributed by atoms with Crippen molar-refractivity contribution in [3.63, 3.8) is 0 Å². The van der Waals surface area contributed by atoms with Crippen molar-refractivity contribution in [3.05, 3.63) is 10.6 Å². The summed E-state index contributed by atoms with van der Waals surface area (Å²) in [6.45, 7) is 6.48. The third-order valence-corrected chi connectivity index (χ3v) is 4.63. The number of nitrogens with zero attached hydrogens (tertiary/aromatic N) is 2. The number of nitrogens with one attached hydrogen (secondary N) is 2. The first-order chi connectivity index (χ1) is 8.61. The third kappa shape index (κ3) is 2.81. The number of carbonyl (C=O) groups excluding carboxylic acids is 1. The lowest BCUT2D eigenvalue weighted by molar-refractivity contribution is -0.120. The molecule has 0 aliphatic carbocycles. The fourth-order valence-corrected chi connectivity index (χ4v) is 3.20. The van der Waals surface area contributed by atoms with Crippen LogP contribution in [0.1, 0.15) is 30.0 Å². The van der Waals surface area contributed by atoms with Gasteiger partial charge in [0.05, 0.1) is 5.69 Å². The third-order valence-electron chi connectivity index (χ3n) is 3.23. The number of hydrogen-bond acceptors (Lipinski definition) is 5. The molecule has 0 radical (unpaired) electrons. The molecule has 100 valence electrons. The molecule has 0 aromatic carbocycles. The summed E-state index contributed by atoms with van der Waals surface area (Å²) in [6, 6.07) is 0.322. The minimum absolute atomic E-state index is 0.134. The van der Waals surface area contributed by atoms with E-state index in [1.165, 1.54) is 4.88 Å². The van der Waals surface area contributed by atoms with Gasteiger partial charge in [-0.05, 0) is 20.9 Å². The average molecular weight is 268 g/mol. The molecule has 1 amide bonds. The van der Waals surface area contributed by atoms with Crippen LogP contribution in [0.2, 0.25) is 0 Å². The largest absolute Gasteiger partial charge is 0.354 e. The lowest BCUT2D eigenvalue weighted by atomic mass is 10.2. The van der Waals surface area contributed by atoms with E-state index in [2.05, 4.69) is 27.4 Å². The van der Waals surface area contributed by atoms with E-state index in [-0.39, 0.29) is 5.91 Å². The van der Waals surface area contributed by atoms with Crippen molar-refractivity contribution in [2.24, 2.45) is 0 Å². The highest BCUT2D eigenvalue weighted by molar-refractivity contribution is 7.15. The quantitative estimate of drug-likeness (QED) is 0.860. The molecule has 2 rings (SSSR count). The standard InChI is InChI=1S/C12H20N4OS/c1-8(13-3)11-9(2)15-12(18-11)16-6-4-10(17)14-5-7-16/h8,13H,4-7H2,1-3H3,(H,14,17). The molecule has 1 aliphatic rings. The molecule has 0 bridgehead atoms. The zero-order valence-corrected chi connectivity index (χ0v) is 11.9. The molecule has 2 heterocycles. The summed E-state index contributed by atoms with van der Waals surface area (Å²) >= 11 is 1.72. The molecule has 1 fully saturated rings. The molecule has 1 saturated heterocycles. The van der Waals surface area contributed by atoms with Crippen molar-refractivity contribution in [3.8, 4) is 0 Å². The minimum Gasteiger partial charge on any atom is -0.354 e. The van der Waals surface area contributed by atoms with Crippen molar-refractivity contribution in [2.75, 3.05) is 31.6 Å². The van der Waals surface area contributed by atoms with Gasteiger partial charge in [0.1, 0.15) is 0 Å². The molecule has 18 heavy (non-hydrogen) atoms. The molecule has 1 aromatic rings. The van der Waals surface area contributed by atoms with Crippen molar-refractivity contribution in [1.29, 1.82) is 0 Å². The highest BCUT2D eigenvalue weighted by Crippen LogP contribution is 2.30. The molecule has 1 aliphatic heterocycles. The Morgan fingerprint density at radius 2 is 2.28 bits per heavy atom. The van der Waals surface area contributed by atoms with E-state index >= 15 is 0 Å². The van der Waals surface area contributed by atoms with Gasteiger partial charge in [0, 0.05) is 37.0 Å². The first-order valence-electron chi connectivity index (χ1n) is 6.28. The lowest BCUT2D eigenvalue weighted by Gasteiger charge is -2.17. The van der Waals surface area contributed by atoms with Crippen LogP contribution < -0.4 is 15.5 Å². The molecule has 6 heteroatoms. The fourth-order valence-electron chi connectivity index (χ4n) is 2.02. The van der Waals surface area contributed by atoms with Gasteiger partial charge in [-0.2, -0.15) is 0 Å².